The molecule has 0 spiro atoms. The monoisotopic (exact) mass is 260 g/mol. The lowest BCUT2D eigenvalue weighted by Crippen LogP contribution is -2.39. The molecule has 0 radical (unpaired) electrons. The van der Waals surface area contributed by atoms with Gasteiger partial charge >= 0.3 is 0 Å². The van der Waals surface area contributed by atoms with Crippen LogP contribution in [0.25, 0.3) is 0 Å². The van der Waals surface area contributed by atoms with Gasteiger partial charge in [0, 0.05) is 5.69 Å². The van der Waals surface area contributed by atoms with E-state index < -0.39 is 0 Å². The van der Waals surface area contributed by atoms with Crippen molar-refractivity contribution in [3.63, 3.8) is 0 Å². The minimum Gasteiger partial charge on any atom is -0.508 e. The fraction of sp³-hybridized carbons (Fsp3) is 0.533. The van der Waals surface area contributed by atoms with E-state index in [1.807, 2.05) is 6.92 Å². The molecule has 1 saturated carbocycles. The third-order valence-corrected chi connectivity index (χ3v) is 4.49. The highest BCUT2D eigenvalue weighted by atomic mass is 16.3. The zero-order valence-electron chi connectivity index (χ0n) is 11.1. The van der Waals surface area contributed by atoms with Gasteiger partial charge in [-0.25, -0.2) is 0 Å². The second-order valence-electron chi connectivity index (χ2n) is 5.73. The minimum absolute atomic E-state index is 0.0541. The fourth-order valence-electron chi connectivity index (χ4n) is 3.43. The lowest BCUT2D eigenvalue weighted by atomic mass is 9.93. The normalized spacial score (nSPS) is 29.2. The maximum atomic E-state index is 12.3. The van der Waals surface area contributed by atoms with Crippen LogP contribution in [-0.4, -0.2) is 23.6 Å². The van der Waals surface area contributed by atoms with Gasteiger partial charge in [0.25, 0.3) is 0 Å². The lowest BCUT2D eigenvalue weighted by molar-refractivity contribution is -0.118. The number of anilines is 1. The summed E-state index contributed by atoms with van der Waals surface area (Å²) < 4.78 is 0. The van der Waals surface area contributed by atoms with Crippen LogP contribution in [0.5, 0.6) is 5.75 Å². The van der Waals surface area contributed by atoms with Crippen molar-refractivity contribution in [3.05, 3.63) is 23.8 Å². The summed E-state index contributed by atoms with van der Waals surface area (Å²) in [5, 5.41) is 15.8. The molecule has 0 aromatic heterocycles. The van der Waals surface area contributed by atoms with Crippen molar-refractivity contribution >= 4 is 11.6 Å². The molecule has 3 rings (SSSR count). The van der Waals surface area contributed by atoms with Crippen LogP contribution >= 0.6 is 0 Å². The molecule has 1 saturated heterocycles. The van der Waals surface area contributed by atoms with E-state index in [-0.39, 0.29) is 17.7 Å². The Balaban J connectivity index is 1.69. The summed E-state index contributed by atoms with van der Waals surface area (Å²) in [5.41, 5.74) is 1.53. The van der Waals surface area contributed by atoms with E-state index in [1.165, 1.54) is 12.8 Å². The molecule has 19 heavy (non-hydrogen) atoms. The zero-order valence-corrected chi connectivity index (χ0v) is 11.1. The Morgan fingerprint density at radius 2 is 2.26 bits per heavy atom. The maximum absolute atomic E-state index is 12.3. The van der Waals surface area contributed by atoms with Crippen molar-refractivity contribution in [2.24, 2.45) is 11.8 Å². The smallest absolute Gasteiger partial charge is 0.241 e. The predicted molar refractivity (Wildman–Crippen MR) is 74.1 cm³/mol. The van der Waals surface area contributed by atoms with Crippen LogP contribution in [-0.2, 0) is 4.79 Å². The van der Waals surface area contributed by atoms with Crippen molar-refractivity contribution in [2.45, 2.75) is 32.2 Å². The Morgan fingerprint density at radius 3 is 3.05 bits per heavy atom. The number of carbonyl (C=O) groups excluding carboxylic acids is 1. The van der Waals surface area contributed by atoms with Gasteiger partial charge in [-0.05, 0) is 61.9 Å². The molecule has 3 atom stereocenters. The van der Waals surface area contributed by atoms with Gasteiger partial charge in [-0.1, -0.05) is 6.42 Å². The Morgan fingerprint density at radius 1 is 1.42 bits per heavy atom. The van der Waals surface area contributed by atoms with E-state index in [1.54, 1.807) is 18.2 Å². The van der Waals surface area contributed by atoms with Gasteiger partial charge in [0.15, 0.2) is 0 Å². The summed E-state index contributed by atoms with van der Waals surface area (Å²) in [7, 11) is 0. The Hall–Kier alpha value is -1.55. The average molecular weight is 260 g/mol. The van der Waals surface area contributed by atoms with Gasteiger partial charge in [-0.3, -0.25) is 4.79 Å². The third-order valence-electron chi connectivity index (χ3n) is 4.49. The molecule has 2 aliphatic rings. The summed E-state index contributed by atoms with van der Waals surface area (Å²) in [4.78, 5) is 12.3. The summed E-state index contributed by atoms with van der Waals surface area (Å²) in [5.74, 6) is 1.49. The first-order chi connectivity index (χ1) is 9.15. The molecule has 1 heterocycles. The third kappa shape index (κ3) is 2.32. The number of hydrogen-bond acceptors (Lipinski definition) is 3. The van der Waals surface area contributed by atoms with Crippen molar-refractivity contribution in [3.8, 4) is 5.75 Å². The topological polar surface area (TPSA) is 61.4 Å². The molecule has 1 amide bonds. The number of hydrogen-bond donors (Lipinski definition) is 3. The molecular formula is C15H20N2O2. The van der Waals surface area contributed by atoms with Gasteiger partial charge in [-0.2, -0.15) is 0 Å². The van der Waals surface area contributed by atoms with Crippen molar-refractivity contribution in [1.82, 2.24) is 5.32 Å². The van der Waals surface area contributed by atoms with Crippen LogP contribution in [0.4, 0.5) is 5.69 Å². The molecule has 3 N–H and O–H groups in total. The molecular weight excluding hydrogens is 240 g/mol. The van der Waals surface area contributed by atoms with Crippen LogP contribution in [0.3, 0.4) is 0 Å². The minimum atomic E-state index is -0.0541. The highest BCUT2D eigenvalue weighted by molar-refractivity contribution is 5.95. The maximum Gasteiger partial charge on any atom is 0.241 e. The van der Waals surface area contributed by atoms with Gasteiger partial charge in [-0.15, -0.1) is 0 Å². The van der Waals surface area contributed by atoms with E-state index in [4.69, 9.17) is 0 Å². The van der Waals surface area contributed by atoms with Crippen molar-refractivity contribution in [2.75, 3.05) is 11.9 Å². The second-order valence-corrected chi connectivity index (χ2v) is 5.73. The van der Waals surface area contributed by atoms with Crippen molar-refractivity contribution < 1.29 is 9.90 Å². The summed E-state index contributed by atoms with van der Waals surface area (Å²) in [6.07, 6.45) is 3.66. The molecule has 1 aromatic carbocycles. The van der Waals surface area contributed by atoms with Crippen LogP contribution in [0, 0.1) is 18.8 Å². The molecule has 4 heteroatoms. The van der Waals surface area contributed by atoms with Crippen LogP contribution in [0.15, 0.2) is 18.2 Å². The highest BCUT2D eigenvalue weighted by Crippen LogP contribution is 2.38. The van der Waals surface area contributed by atoms with Crippen molar-refractivity contribution in [1.29, 1.82) is 0 Å². The molecule has 4 nitrogen and oxygen atoms in total. The van der Waals surface area contributed by atoms with E-state index >= 15 is 0 Å². The molecule has 102 valence electrons. The van der Waals surface area contributed by atoms with E-state index in [0.717, 1.165) is 24.2 Å². The van der Waals surface area contributed by atoms with Gasteiger partial charge in [0.05, 0.1) is 6.04 Å². The molecule has 1 aliphatic heterocycles. The number of aryl methyl sites for hydroxylation is 1. The first kappa shape index (κ1) is 12.5. The molecule has 0 bridgehead atoms. The van der Waals surface area contributed by atoms with E-state index in [2.05, 4.69) is 10.6 Å². The van der Waals surface area contributed by atoms with Crippen LogP contribution in [0.2, 0.25) is 0 Å². The Labute approximate surface area is 113 Å². The quantitative estimate of drug-likeness (QED) is 0.713. The van der Waals surface area contributed by atoms with Gasteiger partial charge < -0.3 is 15.7 Å². The number of nitrogens with one attached hydrogen (secondary N) is 2. The van der Waals surface area contributed by atoms with E-state index in [9.17, 15) is 9.90 Å². The molecule has 2 fully saturated rings. The number of rotatable bonds is 2. The van der Waals surface area contributed by atoms with Crippen LogP contribution < -0.4 is 10.6 Å². The van der Waals surface area contributed by atoms with E-state index in [0.29, 0.717) is 11.8 Å². The summed E-state index contributed by atoms with van der Waals surface area (Å²) in [6, 6.07) is 5.10. The standard InChI is InChI=1S/C15H20N2O2/c1-9-7-11(5-6-13(9)18)17-15(19)14-12-4-2-3-10(12)8-16-14/h5-7,10,12,14,16,18H,2-4,8H2,1H3,(H,17,19). The first-order valence-corrected chi connectivity index (χ1v) is 6.99. The summed E-state index contributed by atoms with van der Waals surface area (Å²) >= 11 is 0. The number of carbonyl (C=O) groups is 1. The van der Waals surface area contributed by atoms with Gasteiger partial charge in [0.2, 0.25) is 5.91 Å². The number of phenolic OH excluding ortho intramolecular Hbond substituents is 1. The highest BCUT2D eigenvalue weighted by Gasteiger charge is 2.42. The first-order valence-electron chi connectivity index (χ1n) is 6.99. The van der Waals surface area contributed by atoms with Crippen LogP contribution in [0.1, 0.15) is 24.8 Å². The summed E-state index contributed by atoms with van der Waals surface area (Å²) in [6.45, 7) is 2.79. The predicted octanol–water partition coefficient (Wildman–Crippen LogP) is 2.03. The largest absolute Gasteiger partial charge is 0.508 e. The number of phenols is 1. The lowest BCUT2D eigenvalue weighted by Gasteiger charge is -2.18. The second kappa shape index (κ2) is 4.85. The molecule has 1 aliphatic carbocycles. The Bertz CT molecular complexity index is 501. The molecule has 1 aromatic rings. The number of aromatic hydroxyl groups is 1. The number of amides is 1. The van der Waals surface area contributed by atoms with Gasteiger partial charge in [0.1, 0.15) is 5.75 Å². The SMILES string of the molecule is Cc1cc(NC(=O)C2NCC3CCCC32)ccc1O. The number of benzene rings is 1. The molecule has 3 unspecified atom stereocenters. The number of fused-ring (bicyclic) bond motifs is 1. The average Bonchev–Trinajstić information content (AvgIpc) is 2.95. The Kier molecular flexibility index (Phi) is 3.19. The fourth-order valence-corrected chi connectivity index (χ4v) is 3.43. The zero-order chi connectivity index (χ0) is 13.4.